The van der Waals surface area contributed by atoms with Crippen LogP contribution in [0.3, 0.4) is 0 Å². The summed E-state index contributed by atoms with van der Waals surface area (Å²) >= 11 is 0. The first kappa shape index (κ1) is 15.2. The third kappa shape index (κ3) is 3.93. The molecule has 1 N–H and O–H groups in total. The van der Waals surface area contributed by atoms with Crippen LogP contribution in [0.15, 0.2) is 66.7 Å². The summed E-state index contributed by atoms with van der Waals surface area (Å²) in [5.41, 5.74) is 1.89. The van der Waals surface area contributed by atoms with Gasteiger partial charge in [-0.05, 0) is 30.7 Å². The van der Waals surface area contributed by atoms with Gasteiger partial charge in [0.05, 0.1) is 12.1 Å². The van der Waals surface area contributed by atoms with Crippen LogP contribution < -0.4 is 5.32 Å². The van der Waals surface area contributed by atoms with E-state index < -0.39 is 6.10 Å². The Morgan fingerprint density at radius 2 is 1.78 bits per heavy atom. The lowest BCUT2D eigenvalue weighted by Crippen LogP contribution is -2.28. The number of carbonyl (C=O) groups is 1. The van der Waals surface area contributed by atoms with Crippen LogP contribution in [-0.2, 0) is 16.1 Å². The second-order valence-corrected chi connectivity index (χ2v) is 5.32. The Bertz CT molecular complexity index is 803. The molecule has 3 aromatic rings. The third-order valence-corrected chi connectivity index (χ3v) is 3.56. The van der Waals surface area contributed by atoms with E-state index in [1.807, 2.05) is 60.7 Å². The van der Waals surface area contributed by atoms with Gasteiger partial charge in [-0.3, -0.25) is 4.79 Å². The van der Waals surface area contributed by atoms with E-state index in [9.17, 15) is 4.79 Å². The number of nitrogens with one attached hydrogen (secondary N) is 1. The predicted molar refractivity (Wildman–Crippen MR) is 91.1 cm³/mol. The molecule has 0 aliphatic rings. The molecule has 0 aliphatic carbocycles. The number of anilines is 1. The lowest BCUT2D eigenvalue weighted by molar-refractivity contribution is -0.127. The average Bonchev–Trinajstić information content (AvgIpc) is 2.60. The van der Waals surface area contributed by atoms with E-state index in [1.54, 1.807) is 13.0 Å². The molecule has 1 amide bonds. The Hall–Kier alpha value is -2.72. The lowest BCUT2D eigenvalue weighted by Gasteiger charge is -2.13. The number of carbonyl (C=O) groups excluding carboxylic acids is 1. The second-order valence-electron chi connectivity index (χ2n) is 5.32. The third-order valence-electron chi connectivity index (χ3n) is 3.56. The minimum Gasteiger partial charge on any atom is -0.364 e. The van der Waals surface area contributed by atoms with Gasteiger partial charge in [0, 0.05) is 5.39 Å². The van der Waals surface area contributed by atoms with Crippen LogP contribution in [0.2, 0.25) is 0 Å². The molecule has 0 saturated carbocycles. The molecule has 0 saturated heterocycles. The monoisotopic (exact) mass is 306 g/mol. The highest BCUT2D eigenvalue weighted by atomic mass is 16.5. The van der Waals surface area contributed by atoms with E-state index >= 15 is 0 Å². The van der Waals surface area contributed by atoms with Gasteiger partial charge in [0.2, 0.25) is 0 Å². The zero-order chi connectivity index (χ0) is 16.1. The van der Waals surface area contributed by atoms with Gasteiger partial charge in [-0.25, -0.2) is 4.98 Å². The van der Waals surface area contributed by atoms with Crippen molar-refractivity contribution >= 4 is 22.6 Å². The highest BCUT2D eigenvalue weighted by molar-refractivity contribution is 5.94. The van der Waals surface area contributed by atoms with E-state index in [0.29, 0.717) is 12.4 Å². The summed E-state index contributed by atoms with van der Waals surface area (Å²) in [5, 5.41) is 3.84. The molecule has 1 heterocycles. The number of fused-ring (bicyclic) bond motifs is 1. The maximum atomic E-state index is 12.2. The SMILES string of the molecule is CC(OCc1ccccc1)C(=O)Nc1ccc2ccccc2n1. The average molecular weight is 306 g/mol. The highest BCUT2D eigenvalue weighted by Gasteiger charge is 2.14. The van der Waals surface area contributed by atoms with E-state index in [2.05, 4.69) is 10.3 Å². The summed E-state index contributed by atoms with van der Waals surface area (Å²) in [4.78, 5) is 16.6. The quantitative estimate of drug-likeness (QED) is 0.780. The number of amides is 1. The molecule has 0 bridgehead atoms. The van der Waals surface area contributed by atoms with Crippen molar-refractivity contribution in [2.75, 3.05) is 5.32 Å². The number of benzene rings is 2. The van der Waals surface area contributed by atoms with Crippen molar-refractivity contribution in [2.45, 2.75) is 19.6 Å². The Morgan fingerprint density at radius 1 is 1.04 bits per heavy atom. The summed E-state index contributed by atoms with van der Waals surface area (Å²) in [6, 6.07) is 21.3. The molecule has 1 aromatic heterocycles. The van der Waals surface area contributed by atoms with Crippen LogP contribution in [0.1, 0.15) is 12.5 Å². The topological polar surface area (TPSA) is 51.2 Å². The van der Waals surface area contributed by atoms with Gasteiger partial charge in [0.15, 0.2) is 0 Å². The standard InChI is InChI=1S/C19H18N2O2/c1-14(23-13-15-7-3-2-4-8-15)19(22)21-18-12-11-16-9-5-6-10-17(16)20-18/h2-12,14H,13H2,1H3,(H,20,21,22). The smallest absolute Gasteiger partial charge is 0.254 e. The summed E-state index contributed by atoms with van der Waals surface area (Å²) < 4.78 is 5.61. The van der Waals surface area contributed by atoms with Crippen molar-refractivity contribution in [2.24, 2.45) is 0 Å². The minimum absolute atomic E-state index is 0.205. The second kappa shape index (κ2) is 7.03. The van der Waals surface area contributed by atoms with E-state index in [4.69, 9.17) is 4.74 Å². The van der Waals surface area contributed by atoms with E-state index in [1.165, 1.54) is 0 Å². The largest absolute Gasteiger partial charge is 0.364 e. The summed E-state index contributed by atoms with van der Waals surface area (Å²) in [7, 11) is 0. The predicted octanol–water partition coefficient (Wildman–Crippen LogP) is 3.78. The lowest BCUT2D eigenvalue weighted by atomic mass is 10.2. The summed E-state index contributed by atoms with van der Waals surface area (Å²) in [5.74, 6) is 0.326. The van der Waals surface area contributed by atoms with Crippen LogP contribution >= 0.6 is 0 Å². The van der Waals surface area contributed by atoms with Crippen molar-refractivity contribution < 1.29 is 9.53 Å². The normalized spacial score (nSPS) is 12.0. The fourth-order valence-corrected chi connectivity index (χ4v) is 2.23. The number of nitrogens with zero attached hydrogens (tertiary/aromatic N) is 1. The fraction of sp³-hybridized carbons (Fsp3) is 0.158. The Labute approximate surface area is 135 Å². The summed E-state index contributed by atoms with van der Waals surface area (Å²) in [6.07, 6.45) is -0.552. The number of ether oxygens (including phenoxy) is 1. The number of pyridine rings is 1. The fourth-order valence-electron chi connectivity index (χ4n) is 2.23. The van der Waals surface area contributed by atoms with Gasteiger partial charge in [0.1, 0.15) is 11.9 Å². The molecular formula is C19H18N2O2. The van der Waals surface area contributed by atoms with Crippen LogP contribution in [0.25, 0.3) is 10.9 Å². The molecule has 0 spiro atoms. The molecule has 23 heavy (non-hydrogen) atoms. The molecule has 2 aromatic carbocycles. The Kier molecular flexibility index (Phi) is 4.64. The van der Waals surface area contributed by atoms with Crippen LogP contribution in [0, 0.1) is 0 Å². The Balaban J connectivity index is 1.60. The zero-order valence-corrected chi connectivity index (χ0v) is 12.9. The molecule has 116 valence electrons. The maximum Gasteiger partial charge on any atom is 0.254 e. The van der Waals surface area contributed by atoms with Crippen LogP contribution in [0.4, 0.5) is 5.82 Å². The van der Waals surface area contributed by atoms with E-state index in [0.717, 1.165) is 16.5 Å². The first-order valence-corrected chi connectivity index (χ1v) is 7.54. The van der Waals surface area contributed by atoms with Gasteiger partial charge in [-0.15, -0.1) is 0 Å². The molecule has 0 fully saturated rings. The molecule has 0 aliphatic heterocycles. The summed E-state index contributed by atoms with van der Waals surface area (Å²) in [6.45, 7) is 2.14. The van der Waals surface area contributed by atoms with Crippen molar-refractivity contribution in [3.63, 3.8) is 0 Å². The van der Waals surface area contributed by atoms with Gasteiger partial charge >= 0.3 is 0 Å². The molecule has 0 radical (unpaired) electrons. The molecule has 1 unspecified atom stereocenters. The molecule has 4 nitrogen and oxygen atoms in total. The number of rotatable bonds is 5. The number of aromatic nitrogens is 1. The van der Waals surface area contributed by atoms with Crippen molar-refractivity contribution in [1.29, 1.82) is 0 Å². The van der Waals surface area contributed by atoms with Gasteiger partial charge in [-0.2, -0.15) is 0 Å². The maximum absolute atomic E-state index is 12.2. The highest BCUT2D eigenvalue weighted by Crippen LogP contribution is 2.15. The molecule has 1 atom stereocenters. The van der Waals surface area contributed by atoms with Gasteiger partial charge < -0.3 is 10.1 Å². The molecular weight excluding hydrogens is 288 g/mol. The van der Waals surface area contributed by atoms with Crippen molar-refractivity contribution in [3.05, 3.63) is 72.3 Å². The first-order valence-electron chi connectivity index (χ1n) is 7.54. The van der Waals surface area contributed by atoms with Crippen molar-refractivity contribution in [3.8, 4) is 0 Å². The minimum atomic E-state index is -0.552. The zero-order valence-electron chi connectivity index (χ0n) is 12.9. The van der Waals surface area contributed by atoms with Crippen LogP contribution in [0.5, 0.6) is 0 Å². The van der Waals surface area contributed by atoms with E-state index in [-0.39, 0.29) is 5.91 Å². The number of hydrogen-bond donors (Lipinski definition) is 1. The number of hydrogen-bond acceptors (Lipinski definition) is 3. The van der Waals surface area contributed by atoms with Crippen LogP contribution in [-0.4, -0.2) is 17.0 Å². The Morgan fingerprint density at radius 3 is 2.61 bits per heavy atom. The number of para-hydroxylation sites is 1. The van der Waals surface area contributed by atoms with Gasteiger partial charge in [0.25, 0.3) is 5.91 Å². The molecule has 3 rings (SSSR count). The van der Waals surface area contributed by atoms with Crippen molar-refractivity contribution in [1.82, 2.24) is 4.98 Å². The van der Waals surface area contributed by atoms with Gasteiger partial charge in [-0.1, -0.05) is 48.5 Å². The first-order chi connectivity index (χ1) is 11.2. The molecule has 4 heteroatoms.